The van der Waals surface area contributed by atoms with E-state index in [1.807, 2.05) is 6.07 Å². The number of benzene rings is 1. The fourth-order valence-electron chi connectivity index (χ4n) is 2.86. The van der Waals surface area contributed by atoms with E-state index in [9.17, 15) is 14.0 Å². The summed E-state index contributed by atoms with van der Waals surface area (Å²) in [6, 6.07) is 4.97. The topological polar surface area (TPSA) is 73.9 Å². The predicted octanol–water partition coefficient (Wildman–Crippen LogP) is 0.131. The molecule has 0 atom stereocenters. The number of carbonyl (C=O) groups is 2. The maximum absolute atomic E-state index is 13.5. The van der Waals surface area contributed by atoms with Crippen molar-refractivity contribution in [1.82, 2.24) is 20.4 Å². The van der Waals surface area contributed by atoms with Crippen molar-refractivity contribution in [2.24, 2.45) is 0 Å². The summed E-state index contributed by atoms with van der Waals surface area (Å²) in [5.41, 5.74) is 1.34. The molecule has 0 spiro atoms. The van der Waals surface area contributed by atoms with Crippen LogP contribution >= 0.6 is 0 Å². The van der Waals surface area contributed by atoms with Crippen LogP contribution < -0.4 is 10.6 Å². The van der Waals surface area contributed by atoms with Crippen molar-refractivity contribution < 1.29 is 18.7 Å². The molecule has 0 saturated carbocycles. The van der Waals surface area contributed by atoms with E-state index in [4.69, 9.17) is 4.74 Å². The zero-order valence-electron chi connectivity index (χ0n) is 16.1. The number of methoxy groups -OCH3 is 1. The second kappa shape index (κ2) is 11.0. The summed E-state index contributed by atoms with van der Waals surface area (Å²) in [6.45, 7) is 6.67. The average molecular weight is 380 g/mol. The van der Waals surface area contributed by atoms with Crippen molar-refractivity contribution in [3.05, 3.63) is 35.1 Å². The van der Waals surface area contributed by atoms with Crippen LogP contribution in [0.25, 0.3) is 0 Å². The monoisotopic (exact) mass is 380 g/mol. The van der Waals surface area contributed by atoms with Gasteiger partial charge in [-0.1, -0.05) is 12.1 Å². The highest BCUT2D eigenvalue weighted by molar-refractivity contribution is 5.78. The Bertz CT molecular complexity index is 633. The lowest BCUT2D eigenvalue weighted by Crippen LogP contribution is -2.51. The quantitative estimate of drug-likeness (QED) is 0.596. The molecule has 1 heterocycles. The SMILES string of the molecule is COCCNC(=O)CN1CCN(CC(=O)NCc2ccc(C)c(F)c2)CC1. The molecule has 0 bridgehead atoms. The average Bonchev–Trinajstić information content (AvgIpc) is 2.64. The molecule has 8 heteroatoms. The summed E-state index contributed by atoms with van der Waals surface area (Å²) in [4.78, 5) is 28.0. The van der Waals surface area contributed by atoms with Gasteiger partial charge in [-0.05, 0) is 24.1 Å². The Balaban J connectivity index is 1.63. The van der Waals surface area contributed by atoms with Crippen LogP contribution in [0.5, 0.6) is 0 Å². The van der Waals surface area contributed by atoms with Gasteiger partial charge in [-0.2, -0.15) is 0 Å². The normalized spacial score (nSPS) is 15.5. The highest BCUT2D eigenvalue weighted by Crippen LogP contribution is 2.09. The number of amides is 2. The summed E-state index contributed by atoms with van der Waals surface area (Å²) in [5, 5.41) is 5.63. The lowest BCUT2D eigenvalue weighted by molar-refractivity contribution is -0.125. The molecule has 1 aliphatic rings. The van der Waals surface area contributed by atoms with Crippen molar-refractivity contribution >= 4 is 11.8 Å². The van der Waals surface area contributed by atoms with Gasteiger partial charge in [0.1, 0.15) is 5.82 Å². The van der Waals surface area contributed by atoms with Gasteiger partial charge in [0.05, 0.1) is 19.7 Å². The van der Waals surface area contributed by atoms with Gasteiger partial charge in [-0.3, -0.25) is 19.4 Å². The molecule has 27 heavy (non-hydrogen) atoms. The molecule has 0 aromatic heterocycles. The Morgan fingerprint density at radius 1 is 1.07 bits per heavy atom. The Kier molecular flexibility index (Phi) is 8.63. The maximum atomic E-state index is 13.5. The van der Waals surface area contributed by atoms with Crippen molar-refractivity contribution in [3.8, 4) is 0 Å². The molecule has 0 radical (unpaired) electrons. The number of nitrogens with zero attached hydrogens (tertiary/aromatic N) is 2. The van der Waals surface area contributed by atoms with E-state index in [1.54, 1.807) is 20.1 Å². The maximum Gasteiger partial charge on any atom is 0.234 e. The summed E-state index contributed by atoms with van der Waals surface area (Å²) >= 11 is 0. The number of hydrogen-bond donors (Lipinski definition) is 2. The number of ether oxygens (including phenoxy) is 1. The van der Waals surface area contributed by atoms with Gasteiger partial charge < -0.3 is 15.4 Å². The van der Waals surface area contributed by atoms with E-state index in [0.29, 0.717) is 38.3 Å². The first kappa shape index (κ1) is 21.3. The van der Waals surface area contributed by atoms with E-state index >= 15 is 0 Å². The van der Waals surface area contributed by atoms with Gasteiger partial charge in [0, 0.05) is 46.4 Å². The van der Waals surface area contributed by atoms with E-state index in [0.717, 1.165) is 31.7 Å². The molecular formula is C19H29FN4O3. The van der Waals surface area contributed by atoms with Crippen LogP contribution in [-0.2, 0) is 20.9 Å². The Morgan fingerprint density at radius 3 is 2.22 bits per heavy atom. The van der Waals surface area contributed by atoms with Crippen LogP contribution in [0.15, 0.2) is 18.2 Å². The van der Waals surface area contributed by atoms with Crippen LogP contribution in [0.1, 0.15) is 11.1 Å². The molecule has 150 valence electrons. The first-order valence-corrected chi connectivity index (χ1v) is 9.20. The minimum absolute atomic E-state index is 0.0106. The smallest absolute Gasteiger partial charge is 0.234 e. The lowest BCUT2D eigenvalue weighted by atomic mass is 10.1. The van der Waals surface area contributed by atoms with E-state index in [2.05, 4.69) is 20.4 Å². The molecule has 0 aliphatic carbocycles. The Labute approximate surface area is 159 Å². The van der Waals surface area contributed by atoms with E-state index in [1.165, 1.54) is 6.07 Å². The zero-order chi connectivity index (χ0) is 19.6. The van der Waals surface area contributed by atoms with E-state index in [-0.39, 0.29) is 17.6 Å². The number of carbonyl (C=O) groups excluding carboxylic acids is 2. The molecule has 2 N–H and O–H groups in total. The van der Waals surface area contributed by atoms with Crippen LogP contribution in [0.3, 0.4) is 0 Å². The van der Waals surface area contributed by atoms with Gasteiger partial charge in [0.25, 0.3) is 0 Å². The molecular weight excluding hydrogens is 351 g/mol. The summed E-state index contributed by atoms with van der Waals surface area (Å²) in [6.07, 6.45) is 0. The van der Waals surface area contributed by atoms with Gasteiger partial charge in [0.2, 0.25) is 11.8 Å². The van der Waals surface area contributed by atoms with Crippen LogP contribution in [0.4, 0.5) is 4.39 Å². The van der Waals surface area contributed by atoms with Gasteiger partial charge >= 0.3 is 0 Å². The van der Waals surface area contributed by atoms with Gasteiger partial charge in [-0.25, -0.2) is 4.39 Å². The standard InChI is InChI=1S/C19H29FN4O3/c1-15-3-4-16(11-17(15)20)12-22-19(26)14-24-8-6-23(7-9-24)13-18(25)21-5-10-27-2/h3-4,11H,5-10,12-14H2,1-2H3,(H,21,25)(H,22,26). The highest BCUT2D eigenvalue weighted by Gasteiger charge is 2.20. The molecule has 7 nitrogen and oxygen atoms in total. The van der Waals surface area contributed by atoms with E-state index < -0.39 is 0 Å². The van der Waals surface area contributed by atoms with Crippen LogP contribution in [0.2, 0.25) is 0 Å². The zero-order valence-corrected chi connectivity index (χ0v) is 16.1. The third-order valence-electron chi connectivity index (χ3n) is 4.55. The Hall–Kier alpha value is -2.03. The van der Waals surface area contributed by atoms with Gasteiger partial charge in [-0.15, -0.1) is 0 Å². The second-order valence-corrected chi connectivity index (χ2v) is 6.76. The van der Waals surface area contributed by atoms with Crippen molar-refractivity contribution in [2.45, 2.75) is 13.5 Å². The number of rotatable bonds is 9. The van der Waals surface area contributed by atoms with Crippen molar-refractivity contribution in [2.75, 3.05) is 59.5 Å². The molecule has 1 saturated heterocycles. The summed E-state index contributed by atoms with van der Waals surface area (Å²) < 4.78 is 18.4. The van der Waals surface area contributed by atoms with Gasteiger partial charge in [0.15, 0.2) is 0 Å². The number of piperazine rings is 1. The molecule has 1 aromatic rings. The molecule has 0 unspecified atom stereocenters. The number of halogens is 1. The van der Waals surface area contributed by atoms with Crippen molar-refractivity contribution in [3.63, 3.8) is 0 Å². The third kappa shape index (κ3) is 7.62. The second-order valence-electron chi connectivity index (χ2n) is 6.76. The first-order valence-electron chi connectivity index (χ1n) is 9.20. The molecule has 2 amide bonds. The fourth-order valence-corrected chi connectivity index (χ4v) is 2.86. The fraction of sp³-hybridized carbons (Fsp3) is 0.579. The van der Waals surface area contributed by atoms with Crippen LogP contribution in [0, 0.1) is 12.7 Å². The largest absolute Gasteiger partial charge is 0.383 e. The number of nitrogens with one attached hydrogen (secondary N) is 2. The molecule has 1 aromatic carbocycles. The third-order valence-corrected chi connectivity index (χ3v) is 4.55. The van der Waals surface area contributed by atoms with Crippen LogP contribution in [-0.4, -0.2) is 81.1 Å². The molecule has 1 fully saturated rings. The van der Waals surface area contributed by atoms with Crippen molar-refractivity contribution in [1.29, 1.82) is 0 Å². The summed E-state index contributed by atoms with van der Waals surface area (Å²) in [7, 11) is 1.60. The predicted molar refractivity (Wildman–Crippen MR) is 101 cm³/mol. The molecule has 2 rings (SSSR count). The Morgan fingerprint density at radius 2 is 1.67 bits per heavy atom. The highest BCUT2D eigenvalue weighted by atomic mass is 19.1. The first-order chi connectivity index (χ1) is 13.0. The summed E-state index contributed by atoms with van der Waals surface area (Å²) in [5.74, 6) is -0.352. The minimum atomic E-state index is -0.260. The molecule has 1 aliphatic heterocycles. The number of hydrogen-bond acceptors (Lipinski definition) is 5. The lowest BCUT2D eigenvalue weighted by Gasteiger charge is -2.33. The number of aryl methyl sites for hydroxylation is 1. The minimum Gasteiger partial charge on any atom is -0.383 e.